The molecule has 0 saturated heterocycles. The molecular weight excluding hydrogens is 432 g/mol. The van der Waals surface area contributed by atoms with Gasteiger partial charge in [0.2, 0.25) is 5.91 Å². The van der Waals surface area contributed by atoms with Gasteiger partial charge in [-0.15, -0.1) is 18.3 Å². The van der Waals surface area contributed by atoms with Crippen molar-refractivity contribution in [3.05, 3.63) is 54.6 Å². The highest BCUT2D eigenvalue weighted by Crippen LogP contribution is 2.33. The minimum Gasteiger partial charge on any atom is -0.493 e. The molecule has 2 aromatic rings. The molecule has 0 radical (unpaired) electrons. The SMILES string of the molecule is C=CCN1C(=O)COc2ccc(C(=O)CSCC(=O)Nc3ccc(OC)c(OC)c3)cc21. The molecular formula is C23H24N2O6S. The number of fused-ring (bicyclic) bond motifs is 1. The Hall–Kier alpha value is -3.46. The van der Waals surface area contributed by atoms with Crippen LogP contribution in [0.2, 0.25) is 0 Å². The summed E-state index contributed by atoms with van der Waals surface area (Å²) in [5, 5.41) is 2.77. The number of Topliss-reactive ketones (excluding diaryl/α,β-unsaturated/α-hetero) is 1. The maximum absolute atomic E-state index is 12.6. The van der Waals surface area contributed by atoms with Gasteiger partial charge >= 0.3 is 0 Å². The highest BCUT2D eigenvalue weighted by Gasteiger charge is 2.25. The van der Waals surface area contributed by atoms with Gasteiger partial charge in [0.15, 0.2) is 23.9 Å². The molecule has 1 aliphatic heterocycles. The maximum atomic E-state index is 12.6. The number of amides is 2. The van der Waals surface area contributed by atoms with Crippen LogP contribution in [0, 0.1) is 0 Å². The van der Waals surface area contributed by atoms with Crippen LogP contribution in [0.15, 0.2) is 49.1 Å². The zero-order valence-electron chi connectivity index (χ0n) is 17.9. The third-order valence-corrected chi connectivity index (χ3v) is 5.60. The summed E-state index contributed by atoms with van der Waals surface area (Å²) >= 11 is 1.20. The average molecular weight is 457 g/mol. The molecule has 1 N–H and O–H groups in total. The number of hydrogen-bond donors (Lipinski definition) is 1. The number of ketones is 1. The lowest BCUT2D eigenvalue weighted by Crippen LogP contribution is -2.38. The van der Waals surface area contributed by atoms with Crippen molar-refractivity contribution in [3.8, 4) is 17.2 Å². The van der Waals surface area contributed by atoms with Crippen LogP contribution in [0.4, 0.5) is 11.4 Å². The Morgan fingerprint density at radius 3 is 2.66 bits per heavy atom. The lowest BCUT2D eigenvalue weighted by molar-refractivity contribution is -0.121. The molecule has 1 heterocycles. The molecule has 0 aliphatic carbocycles. The van der Waals surface area contributed by atoms with E-state index < -0.39 is 0 Å². The first-order valence-electron chi connectivity index (χ1n) is 9.77. The lowest BCUT2D eigenvalue weighted by atomic mass is 10.1. The number of nitrogens with one attached hydrogen (secondary N) is 1. The molecule has 0 unspecified atom stereocenters. The summed E-state index contributed by atoms with van der Waals surface area (Å²) in [7, 11) is 3.05. The van der Waals surface area contributed by atoms with Gasteiger partial charge in [-0.05, 0) is 30.3 Å². The van der Waals surface area contributed by atoms with E-state index in [-0.39, 0.29) is 35.7 Å². The third kappa shape index (κ3) is 5.42. The van der Waals surface area contributed by atoms with Gasteiger partial charge in [-0.1, -0.05) is 6.08 Å². The fraction of sp³-hybridized carbons (Fsp3) is 0.261. The van der Waals surface area contributed by atoms with Crippen LogP contribution < -0.4 is 24.4 Å². The second-order valence-electron chi connectivity index (χ2n) is 6.80. The monoisotopic (exact) mass is 456 g/mol. The molecule has 0 spiro atoms. The number of methoxy groups -OCH3 is 2. The van der Waals surface area contributed by atoms with E-state index in [9.17, 15) is 14.4 Å². The van der Waals surface area contributed by atoms with Gasteiger partial charge in [0.1, 0.15) is 5.75 Å². The number of thioether (sulfide) groups is 1. The van der Waals surface area contributed by atoms with Crippen molar-refractivity contribution in [3.63, 3.8) is 0 Å². The van der Waals surface area contributed by atoms with E-state index in [2.05, 4.69) is 11.9 Å². The second kappa shape index (κ2) is 10.7. The van der Waals surface area contributed by atoms with Crippen LogP contribution in [0.1, 0.15) is 10.4 Å². The standard InChI is InChI=1S/C23H24N2O6S/c1-4-9-25-17-10-15(5-7-19(17)31-12-23(25)28)18(26)13-32-14-22(27)24-16-6-8-20(29-2)21(11-16)30-3/h4-8,10-11H,1,9,12-14H2,2-3H3,(H,24,27). The summed E-state index contributed by atoms with van der Waals surface area (Å²) in [5.41, 5.74) is 1.56. The average Bonchev–Trinajstić information content (AvgIpc) is 2.80. The molecule has 168 valence electrons. The zero-order valence-corrected chi connectivity index (χ0v) is 18.7. The Kier molecular flexibility index (Phi) is 7.77. The number of rotatable bonds is 10. The van der Waals surface area contributed by atoms with E-state index in [0.717, 1.165) is 0 Å². The third-order valence-electron chi connectivity index (χ3n) is 4.67. The minimum absolute atomic E-state index is 0.0425. The van der Waals surface area contributed by atoms with Crippen molar-refractivity contribution >= 4 is 40.7 Å². The van der Waals surface area contributed by atoms with Crippen molar-refractivity contribution in [2.75, 3.05) is 49.1 Å². The molecule has 0 aromatic heterocycles. The Balaban J connectivity index is 1.56. The van der Waals surface area contributed by atoms with Gasteiger partial charge in [0, 0.05) is 23.9 Å². The molecule has 9 heteroatoms. The van der Waals surface area contributed by atoms with E-state index >= 15 is 0 Å². The number of anilines is 2. The molecule has 0 atom stereocenters. The number of carbonyl (C=O) groups excluding carboxylic acids is 3. The van der Waals surface area contributed by atoms with Crippen molar-refractivity contribution in [1.29, 1.82) is 0 Å². The molecule has 0 fully saturated rings. The zero-order chi connectivity index (χ0) is 23.1. The molecule has 2 aromatic carbocycles. The Morgan fingerprint density at radius 1 is 1.16 bits per heavy atom. The molecule has 2 amide bonds. The highest BCUT2D eigenvalue weighted by atomic mass is 32.2. The number of nitrogens with zero attached hydrogens (tertiary/aromatic N) is 1. The van der Waals surface area contributed by atoms with Crippen molar-refractivity contribution in [1.82, 2.24) is 0 Å². The summed E-state index contributed by atoms with van der Waals surface area (Å²) in [6.45, 7) is 3.96. The topological polar surface area (TPSA) is 94.2 Å². The van der Waals surface area contributed by atoms with E-state index in [0.29, 0.717) is 40.7 Å². The number of hydrogen-bond acceptors (Lipinski definition) is 7. The quantitative estimate of drug-likeness (QED) is 0.433. The summed E-state index contributed by atoms with van der Waals surface area (Å²) < 4.78 is 15.8. The van der Waals surface area contributed by atoms with Gasteiger partial charge in [-0.25, -0.2) is 0 Å². The largest absolute Gasteiger partial charge is 0.493 e. The molecule has 0 saturated carbocycles. The lowest BCUT2D eigenvalue weighted by Gasteiger charge is -2.28. The van der Waals surface area contributed by atoms with Crippen LogP contribution in [-0.2, 0) is 9.59 Å². The van der Waals surface area contributed by atoms with Crippen LogP contribution in [-0.4, -0.2) is 56.5 Å². The summed E-state index contributed by atoms with van der Waals surface area (Å²) in [4.78, 5) is 38.5. The van der Waals surface area contributed by atoms with Crippen LogP contribution in [0.25, 0.3) is 0 Å². The number of ether oxygens (including phenoxy) is 3. The minimum atomic E-state index is -0.239. The van der Waals surface area contributed by atoms with Crippen LogP contribution in [0.3, 0.4) is 0 Å². The summed E-state index contributed by atoms with van der Waals surface area (Å²) in [5.74, 6) is 1.27. The van der Waals surface area contributed by atoms with Crippen LogP contribution in [0.5, 0.6) is 17.2 Å². The normalized spacial score (nSPS) is 12.4. The predicted molar refractivity (Wildman–Crippen MR) is 124 cm³/mol. The summed E-state index contributed by atoms with van der Waals surface area (Å²) in [6, 6.07) is 10.1. The van der Waals surface area contributed by atoms with Gasteiger partial charge in [-0.2, -0.15) is 0 Å². The van der Waals surface area contributed by atoms with E-state index in [1.54, 1.807) is 42.5 Å². The maximum Gasteiger partial charge on any atom is 0.265 e. The van der Waals surface area contributed by atoms with E-state index in [4.69, 9.17) is 14.2 Å². The first kappa shape index (κ1) is 23.2. The smallest absolute Gasteiger partial charge is 0.265 e. The Bertz CT molecular complexity index is 1040. The molecule has 1 aliphatic rings. The van der Waals surface area contributed by atoms with Gasteiger partial charge in [0.25, 0.3) is 5.91 Å². The fourth-order valence-electron chi connectivity index (χ4n) is 3.14. The number of benzene rings is 2. The molecule has 3 rings (SSSR count). The van der Waals surface area contributed by atoms with Crippen LogP contribution >= 0.6 is 11.8 Å². The first-order valence-corrected chi connectivity index (χ1v) is 10.9. The second-order valence-corrected chi connectivity index (χ2v) is 7.78. The van der Waals surface area contributed by atoms with Gasteiger partial charge in [0.05, 0.1) is 31.4 Å². The van der Waals surface area contributed by atoms with Gasteiger partial charge < -0.3 is 24.4 Å². The first-order chi connectivity index (χ1) is 15.5. The van der Waals surface area contributed by atoms with E-state index in [1.165, 1.54) is 30.9 Å². The van der Waals surface area contributed by atoms with Crippen molar-refractivity contribution in [2.24, 2.45) is 0 Å². The molecule has 8 nitrogen and oxygen atoms in total. The summed E-state index contributed by atoms with van der Waals surface area (Å²) in [6.07, 6.45) is 1.62. The Labute approximate surface area is 190 Å². The molecule has 32 heavy (non-hydrogen) atoms. The van der Waals surface area contributed by atoms with E-state index in [1.807, 2.05) is 0 Å². The van der Waals surface area contributed by atoms with Crippen molar-refractivity contribution in [2.45, 2.75) is 0 Å². The van der Waals surface area contributed by atoms with Gasteiger partial charge in [-0.3, -0.25) is 14.4 Å². The predicted octanol–water partition coefficient (Wildman–Crippen LogP) is 3.17. The Morgan fingerprint density at radius 2 is 1.94 bits per heavy atom. The fourth-order valence-corrected chi connectivity index (χ4v) is 3.85. The highest BCUT2D eigenvalue weighted by molar-refractivity contribution is 8.00. The van der Waals surface area contributed by atoms with Crippen molar-refractivity contribution < 1.29 is 28.6 Å². The molecule has 0 bridgehead atoms. The number of carbonyl (C=O) groups is 3.